The molecule has 5 rings (SSSR count). The molecule has 0 aliphatic rings. The number of carbonyl (C=O) groups is 1. The number of fused-ring (bicyclic) bond motifs is 2. The fourth-order valence-electron chi connectivity index (χ4n) is 3.05. The van der Waals surface area contributed by atoms with Crippen molar-refractivity contribution in [3.05, 3.63) is 72.3 Å². The van der Waals surface area contributed by atoms with E-state index in [1.54, 1.807) is 23.0 Å². The van der Waals surface area contributed by atoms with Crippen LogP contribution in [0.25, 0.3) is 27.9 Å². The Bertz CT molecular complexity index is 1320. The van der Waals surface area contributed by atoms with Crippen LogP contribution in [-0.4, -0.2) is 35.7 Å². The number of nitrogens with one attached hydrogen (secondary N) is 2. The number of nitrogens with zero attached hydrogens (tertiary/aromatic N) is 5. The van der Waals surface area contributed by atoms with Gasteiger partial charge < -0.3 is 10.3 Å². The van der Waals surface area contributed by atoms with Crippen LogP contribution in [0.15, 0.2) is 60.9 Å². The number of carbonyl (C=O) groups excluding carboxylic acids is 1. The molecule has 0 aliphatic heterocycles. The number of rotatable bonds is 3. The summed E-state index contributed by atoms with van der Waals surface area (Å²) < 4.78 is 1.70. The number of aryl methyl sites for hydroxylation is 1. The van der Waals surface area contributed by atoms with Gasteiger partial charge in [0.25, 0.3) is 5.91 Å². The van der Waals surface area contributed by atoms with E-state index < -0.39 is 0 Å². The minimum Gasteiger partial charge on any atom is -0.345 e. The fraction of sp³-hybridized carbons (Fsp3) is 0.0500. The number of aromatic amines is 1. The van der Waals surface area contributed by atoms with Gasteiger partial charge >= 0.3 is 0 Å². The zero-order chi connectivity index (χ0) is 19.1. The van der Waals surface area contributed by atoms with Crippen molar-refractivity contribution in [3.63, 3.8) is 0 Å². The van der Waals surface area contributed by atoms with Gasteiger partial charge in [-0.05, 0) is 49.4 Å². The van der Waals surface area contributed by atoms with Gasteiger partial charge in [-0.15, -0.1) is 10.2 Å². The number of imidazole rings is 1. The summed E-state index contributed by atoms with van der Waals surface area (Å²) in [6.45, 7) is 1.86. The van der Waals surface area contributed by atoms with Crippen LogP contribution in [0.5, 0.6) is 0 Å². The van der Waals surface area contributed by atoms with Crippen LogP contribution in [-0.2, 0) is 0 Å². The molecule has 0 saturated carbocycles. The van der Waals surface area contributed by atoms with Crippen molar-refractivity contribution in [2.24, 2.45) is 0 Å². The lowest BCUT2D eigenvalue weighted by Crippen LogP contribution is -2.11. The molecule has 28 heavy (non-hydrogen) atoms. The molecule has 0 aliphatic carbocycles. The van der Waals surface area contributed by atoms with E-state index in [2.05, 4.69) is 30.6 Å². The second kappa shape index (κ2) is 6.27. The van der Waals surface area contributed by atoms with E-state index in [4.69, 9.17) is 0 Å². The zero-order valence-electron chi connectivity index (χ0n) is 14.9. The lowest BCUT2D eigenvalue weighted by Gasteiger charge is -2.07. The maximum Gasteiger partial charge on any atom is 0.255 e. The SMILES string of the molecule is Cc1nnc2ccc(-c3ccc(NC(=O)c4ccc5nc[nH]c5c4)cc3)nn12. The number of amides is 1. The molecule has 3 aromatic heterocycles. The molecule has 5 aromatic rings. The molecule has 8 heteroatoms. The molecule has 0 atom stereocenters. The molecule has 0 radical (unpaired) electrons. The Balaban J connectivity index is 1.37. The van der Waals surface area contributed by atoms with Gasteiger partial charge in [0.1, 0.15) is 0 Å². The maximum absolute atomic E-state index is 12.5. The fourth-order valence-corrected chi connectivity index (χ4v) is 3.05. The Hall–Kier alpha value is -4.07. The van der Waals surface area contributed by atoms with Crippen LogP contribution < -0.4 is 5.32 Å². The number of hydrogen-bond acceptors (Lipinski definition) is 5. The summed E-state index contributed by atoms with van der Waals surface area (Å²) in [6.07, 6.45) is 1.61. The van der Waals surface area contributed by atoms with Crippen molar-refractivity contribution < 1.29 is 4.79 Å². The van der Waals surface area contributed by atoms with Crippen molar-refractivity contribution in [3.8, 4) is 11.3 Å². The standard InChI is InChI=1S/C20H15N7O/c1-12-24-25-19-9-8-16(26-27(12)19)13-2-5-15(6-3-13)23-20(28)14-4-7-17-18(10-14)22-11-21-17/h2-11H,1H3,(H,21,22)(H,23,28). The van der Waals surface area contributed by atoms with E-state index >= 15 is 0 Å². The van der Waals surface area contributed by atoms with E-state index in [0.29, 0.717) is 16.9 Å². The third kappa shape index (κ3) is 2.77. The quantitative estimate of drug-likeness (QED) is 0.508. The molecule has 8 nitrogen and oxygen atoms in total. The van der Waals surface area contributed by atoms with Gasteiger partial charge in [-0.3, -0.25) is 4.79 Å². The third-order valence-electron chi connectivity index (χ3n) is 4.54. The molecule has 136 valence electrons. The Morgan fingerprint density at radius 2 is 1.89 bits per heavy atom. The predicted molar refractivity (Wildman–Crippen MR) is 105 cm³/mol. The Labute approximate surface area is 159 Å². The molecule has 0 fully saturated rings. The van der Waals surface area contributed by atoms with Crippen LogP contribution in [0.3, 0.4) is 0 Å². The Kier molecular flexibility index (Phi) is 3.61. The van der Waals surface area contributed by atoms with E-state index in [1.165, 1.54) is 0 Å². The summed E-state index contributed by atoms with van der Waals surface area (Å²) in [5.74, 6) is 0.555. The van der Waals surface area contributed by atoms with Crippen molar-refractivity contribution in [1.29, 1.82) is 0 Å². The van der Waals surface area contributed by atoms with Gasteiger partial charge in [-0.25, -0.2) is 4.98 Å². The van der Waals surface area contributed by atoms with Gasteiger partial charge in [-0.2, -0.15) is 9.61 Å². The molecule has 2 N–H and O–H groups in total. The van der Waals surface area contributed by atoms with Gasteiger partial charge in [0.05, 0.1) is 23.1 Å². The van der Waals surface area contributed by atoms with Gasteiger partial charge in [0, 0.05) is 16.8 Å². The van der Waals surface area contributed by atoms with Crippen LogP contribution in [0.2, 0.25) is 0 Å². The van der Waals surface area contributed by atoms with E-state index in [0.717, 1.165) is 28.1 Å². The summed E-state index contributed by atoms with van der Waals surface area (Å²) in [7, 11) is 0. The van der Waals surface area contributed by atoms with Crippen molar-refractivity contribution in [2.45, 2.75) is 6.92 Å². The zero-order valence-corrected chi connectivity index (χ0v) is 14.9. The summed E-state index contributed by atoms with van der Waals surface area (Å²) in [6, 6.07) is 16.7. The summed E-state index contributed by atoms with van der Waals surface area (Å²) in [5.41, 5.74) is 5.38. The van der Waals surface area contributed by atoms with Gasteiger partial charge in [0.15, 0.2) is 11.5 Å². The smallest absolute Gasteiger partial charge is 0.255 e. The first-order chi connectivity index (χ1) is 13.7. The Morgan fingerprint density at radius 3 is 2.75 bits per heavy atom. The third-order valence-corrected chi connectivity index (χ3v) is 4.54. The highest BCUT2D eigenvalue weighted by Crippen LogP contribution is 2.21. The van der Waals surface area contributed by atoms with Crippen molar-refractivity contribution in [1.82, 2.24) is 29.8 Å². The number of benzene rings is 2. The molecule has 3 heterocycles. The van der Waals surface area contributed by atoms with Gasteiger partial charge in [0.2, 0.25) is 0 Å². The minimum absolute atomic E-state index is 0.177. The highest BCUT2D eigenvalue weighted by Gasteiger charge is 2.09. The van der Waals surface area contributed by atoms with Crippen LogP contribution in [0, 0.1) is 6.92 Å². The number of hydrogen-bond donors (Lipinski definition) is 2. The molecule has 0 spiro atoms. The van der Waals surface area contributed by atoms with Crippen LogP contribution >= 0.6 is 0 Å². The molecule has 0 saturated heterocycles. The lowest BCUT2D eigenvalue weighted by atomic mass is 10.1. The number of aromatic nitrogens is 6. The van der Waals surface area contributed by atoms with E-state index in [9.17, 15) is 4.79 Å². The molecular formula is C20H15N7O. The summed E-state index contributed by atoms with van der Waals surface area (Å²) in [5, 5.41) is 15.5. The lowest BCUT2D eigenvalue weighted by molar-refractivity contribution is 0.102. The first kappa shape index (κ1) is 16.1. The first-order valence-electron chi connectivity index (χ1n) is 8.71. The summed E-state index contributed by atoms with van der Waals surface area (Å²) in [4.78, 5) is 19.7. The van der Waals surface area contributed by atoms with Crippen molar-refractivity contribution >= 4 is 28.3 Å². The monoisotopic (exact) mass is 369 g/mol. The molecule has 0 bridgehead atoms. The first-order valence-corrected chi connectivity index (χ1v) is 8.71. The van der Waals surface area contributed by atoms with Crippen LogP contribution in [0.4, 0.5) is 5.69 Å². The Morgan fingerprint density at radius 1 is 1.04 bits per heavy atom. The number of H-pyrrole nitrogens is 1. The van der Waals surface area contributed by atoms with Gasteiger partial charge in [-0.1, -0.05) is 12.1 Å². The second-order valence-corrected chi connectivity index (χ2v) is 6.40. The highest BCUT2D eigenvalue weighted by molar-refractivity contribution is 6.06. The average Bonchev–Trinajstić information content (AvgIpc) is 3.34. The topological polar surface area (TPSA) is 101 Å². The number of anilines is 1. The van der Waals surface area contributed by atoms with Crippen molar-refractivity contribution in [2.75, 3.05) is 5.32 Å². The normalized spacial score (nSPS) is 11.2. The summed E-state index contributed by atoms with van der Waals surface area (Å²) >= 11 is 0. The molecule has 0 unspecified atom stereocenters. The largest absolute Gasteiger partial charge is 0.345 e. The van der Waals surface area contributed by atoms with E-state index in [-0.39, 0.29) is 5.91 Å². The second-order valence-electron chi connectivity index (χ2n) is 6.40. The average molecular weight is 369 g/mol. The highest BCUT2D eigenvalue weighted by atomic mass is 16.1. The maximum atomic E-state index is 12.5. The predicted octanol–water partition coefficient (Wildman–Crippen LogP) is 3.23. The van der Waals surface area contributed by atoms with E-state index in [1.807, 2.05) is 49.4 Å². The van der Waals surface area contributed by atoms with Crippen LogP contribution in [0.1, 0.15) is 16.2 Å². The minimum atomic E-state index is -0.177. The molecule has 2 aromatic carbocycles. The molecular weight excluding hydrogens is 354 g/mol. The molecule has 1 amide bonds.